The Morgan fingerprint density at radius 3 is 2.86 bits per heavy atom. The van der Waals surface area contributed by atoms with Gasteiger partial charge >= 0.3 is 0 Å². The molecule has 21 heavy (non-hydrogen) atoms. The molecule has 1 aromatic carbocycles. The zero-order valence-electron chi connectivity index (χ0n) is 14.0. The standard InChI is InChI=1S/C18H30N2O/c1-5-17-8-6-7-11-20(17)13-16-12-15(14(2)19-3)9-10-18(16)21-4/h9-10,12,14,17,19H,5-8,11,13H2,1-4H3. The fraction of sp³-hybridized carbons (Fsp3) is 0.667. The summed E-state index contributed by atoms with van der Waals surface area (Å²) < 4.78 is 5.58. The lowest BCUT2D eigenvalue weighted by atomic mass is 9.98. The summed E-state index contributed by atoms with van der Waals surface area (Å²) in [6.45, 7) is 6.72. The third-order valence-corrected chi connectivity index (χ3v) is 4.83. The number of hydrogen-bond acceptors (Lipinski definition) is 3. The van der Waals surface area contributed by atoms with Crippen molar-refractivity contribution in [1.82, 2.24) is 10.2 Å². The smallest absolute Gasteiger partial charge is 0.123 e. The second-order valence-electron chi connectivity index (χ2n) is 6.11. The Balaban J connectivity index is 2.20. The SMILES string of the molecule is CCC1CCCCN1Cc1cc(C(C)NC)ccc1OC. The van der Waals surface area contributed by atoms with Gasteiger partial charge in [-0.05, 0) is 57.5 Å². The minimum absolute atomic E-state index is 0.373. The molecule has 2 unspecified atom stereocenters. The van der Waals surface area contributed by atoms with Crippen molar-refractivity contribution in [3.8, 4) is 5.75 Å². The van der Waals surface area contributed by atoms with Crippen LogP contribution in [0.1, 0.15) is 56.7 Å². The van der Waals surface area contributed by atoms with E-state index in [1.807, 2.05) is 7.05 Å². The molecule has 3 heteroatoms. The number of nitrogens with zero attached hydrogens (tertiary/aromatic N) is 1. The van der Waals surface area contributed by atoms with Crippen molar-refractivity contribution in [3.05, 3.63) is 29.3 Å². The average molecular weight is 290 g/mol. The van der Waals surface area contributed by atoms with Crippen LogP contribution in [-0.4, -0.2) is 31.6 Å². The molecule has 118 valence electrons. The highest BCUT2D eigenvalue weighted by atomic mass is 16.5. The zero-order valence-corrected chi connectivity index (χ0v) is 14.0. The number of nitrogens with one attached hydrogen (secondary N) is 1. The Labute approximate surface area is 129 Å². The van der Waals surface area contributed by atoms with Crippen LogP contribution in [0, 0.1) is 0 Å². The first kappa shape index (κ1) is 16.3. The summed E-state index contributed by atoms with van der Waals surface area (Å²) in [6.07, 6.45) is 5.29. The number of ether oxygens (including phenoxy) is 1. The molecule has 2 atom stereocenters. The molecule has 1 aliphatic rings. The molecule has 0 aromatic heterocycles. The number of methoxy groups -OCH3 is 1. The summed E-state index contributed by atoms with van der Waals surface area (Å²) in [5, 5.41) is 3.32. The lowest BCUT2D eigenvalue weighted by Crippen LogP contribution is -2.38. The van der Waals surface area contributed by atoms with Crippen molar-refractivity contribution in [3.63, 3.8) is 0 Å². The molecule has 1 heterocycles. The number of benzene rings is 1. The van der Waals surface area contributed by atoms with Crippen LogP contribution in [0.5, 0.6) is 5.75 Å². The van der Waals surface area contributed by atoms with Gasteiger partial charge in [-0.2, -0.15) is 0 Å². The van der Waals surface area contributed by atoms with Gasteiger partial charge in [-0.15, -0.1) is 0 Å². The van der Waals surface area contributed by atoms with Crippen molar-refractivity contribution < 1.29 is 4.74 Å². The van der Waals surface area contributed by atoms with Crippen LogP contribution in [-0.2, 0) is 6.54 Å². The van der Waals surface area contributed by atoms with E-state index in [9.17, 15) is 0 Å². The fourth-order valence-electron chi connectivity index (χ4n) is 3.31. The summed E-state index contributed by atoms with van der Waals surface area (Å²) in [5.74, 6) is 1.02. The normalized spacial score (nSPS) is 21.2. The maximum Gasteiger partial charge on any atom is 0.123 e. The second kappa shape index (κ2) is 7.81. The highest BCUT2D eigenvalue weighted by molar-refractivity contribution is 5.38. The predicted octanol–water partition coefficient (Wildman–Crippen LogP) is 3.74. The Bertz CT molecular complexity index is 447. The lowest BCUT2D eigenvalue weighted by molar-refractivity contribution is 0.135. The minimum Gasteiger partial charge on any atom is -0.496 e. The van der Waals surface area contributed by atoms with Crippen molar-refractivity contribution >= 4 is 0 Å². The second-order valence-corrected chi connectivity index (χ2v) is 6.11. The van der Waals surface area contributed by atoms with Crippen LogP contribution in [0.3, 0.4) is 0 Å². The quantitative estimate of drug-likeness (QED) is 0.864. The van der Waals surface area contributed by atoms with Gasteiger partial charge in [-0.3, -0.25) is 4.90 Å². The van der Waals surface area contributed by atoms with Crippen molar-refractivity contribution in [1.29, 1.82) is 0 Å². The third-order valence-electron chi connectivity index (χ3n) is 4.83. The van der Waals surface area contributed by atoms with Gasteiger partial charge in [-0.1, -0.05) is 19.4 Å². The minimum atomic E-state index is 0.373. The summed E-state index contributed by atoms with van der Waals surface area (Å²) in [6, 6.07) is 7.69. The van der Waals surface area contributed by atoms with E-state index in [1.54, 1.807) is 7.11 Å². The van der Waals surface area contributed by atoms with Crippen molar-refractivity contribution in [2.75, 3.05) is 20.7 Å². The Kier molecular flexibility index (Phi) is 6.07. The molecule has 0 aliphatic carbocycles. The predicted molar refractivity (Wildman–Crippen MR) is 88.8 cm³/mol. The van der Waals surface area contributed by atoms with E-state index in [4.69, 9.17) is 4.74 Å². The molecule has 3 nitrogen and oxygen atoms in total. The van der Waals surface area contributed by atoms with Gasteiger partial charge in [-0.25, -0.2) is 0 Å². The van der Waals surface area contributed by atoms with Gasteiger partial charge in [0.15, 0.2) is 0 Å². The fourth-order valence-corrected chi connectivity index (χ4v) is 3.31. The molecule has 2 rings (SSSR count). The van der Waals surface area contributed by atoms with Gasteiger partial charge in [0.05, 0.1) is 7.11 Å². The third kappa shape index (κ3) is 3.98. The topological polar surface area (TPSA) is 24.5 Å². The first-order valence-corrected chi connectivity index (χ1v) is 8.27. The molecule has 1 saturated heterocycles. The molecule has 0 amide bonds. The molecule has 1 aromatic rings. The van der Waals surface area contributed by atoms with E-state index in [0.29, 0.717) is 6.04 Å². The Hall–Kier alpha value is -1.06. The number of hydrogen-bond donors (Lipinski definition) is 1. The Morgan fingerprint density at radius 2 is 2.19 bits per heavy atom. The van der Waals surface area contributed by atoms with Gasteiger partial charge < -0.3 is 10.1 Å². The van der Waals surface area contributed by atoms with Crippen LogP contribution in [0.25, 0.3) is 0 Å². The van der Waals surface area contributed by atoms with Crippen LogP contribution >= 0.6 is 0 Å². The van der Waals surface area contributed by atoms with Gasteiger partial charge in [0.2, 0.25) is 0 Å². The highest BCUT2D eigenvalue weighted by Gasteiger charge is 2.22. The van der Waals surface area contributed by atoms with E-state index in [0.717, 1.165) is 18.3 Å². The van der Waals surface area contributed by atoms with E-state index >= 15 is 0 Å². The van der Waals surface area contributed by atoms with Gasteiger partial charge in [0.25, 0.3) is 0 Å². The number of likely N-dealkylation sites (tertiary alicyclic amines) is 1. The van der Waals surface area contributed by atoms with E-state index in [-0.39, 0.29) is 0 Å². The highest BCUT2D eigenvalue weighted by Crippen LogP contribution is 2.28. The van der Waals surface area contributed by atoms with Crippen LogP contribution in [0.15, 0.2) is 18.2 Å². The average Bonchev–Trinajstić information content (AvgIpc) is 2.54. The maximum absolute atomic E-state index is 5.58. The molecule has 0 radical (unpaired) electrons. The summed E-state index contributed by atoms with van der Waals surface area (Å²) in [4.78, 5) is 2.63. The van der Waals surface area contributed by atoms with E-state index < -0.39 is 0 Å². The molecular weight excluding hydrogens is 260 g/mol. The monoisotopic (exact) mass is 290 g/mol. The van der Waals surface area contributed by atoms with Crippen molar-refractivity contribution in [2.24, 2.45) is 0 Å². The zero-order chi connectivity index (χ0) is 15.2. The summed E-state index contributed by atoms with van der Waals surface area (Å²) >= 11 is 0. The molecular formula is C18H30N2O. The lowest BCUT2D eigenvalue weighted by Gasteiger charge is -2.35. The molecule has 1 N–H and O–H groups in total. The van der Waals surface area contributed by atoms with Crippen LogP contribution < -0.4 is 10.1 Å². The van der Waals surface area contributed by atoms with Gasteiger partial charge in [0, 0.05) is 24.2 Å². The molecule has 0 saturated carbocycles. The number of rotatable bonds is 6. The van der Waals surface area contributed by atoms with E-state index in [1.165, 1.54) is 43.4 Å². The summed E-state index contributed by atoms with van der Waals surface area (Å²) in [7, 11) is 3.78. The van der Waals surface area contributed by atoms with E-state index in [2.05, 4.69) is 42.3 Å². The largest absolute Gasteiger partial charge is 0.496 e. The number of piperidine rings is 1. The first-order chi connectivity index (χ1) is 10.2. The Morgan fingerprint density at radius 1 is 1.38 bits per heavy atom. The van der Waals surface area contributed by atoms with Crippen LogP contribution in [0.4, 0.5) is 0 Å². The molecule has 1 fully saturated rings. The molecule has 0 spiro atoms. The molecule has 1 aliphatic heterocycles. The van der Waals surface area contributed by atoms with Crippen molar-refractivity contribution in [2.45, 2.75) is 58.2 Å². The molecule has 0 bridgehead atoms. The van der Waals surface area contributed by atoms with Crippen LogP contribution in [0.2, 0.25) is 0 Å². The maximum atomic E-state index is 5.58. The summed E-state index contributed by atoms with van der Waals surface area (Å²) in [5.41, 5.74) is 2.65. The van der Waals surface area contributed by atoms with Gasteiger partial charge in [0.1, 0.15) is 5.75 Å². The first-order valence-electron chi connectivity index (χ1n) is 8.27.